The quantitative estimate of drug-likeness (QED) is 0.588. The summed E-state index contributed by atoms with van der Waals surface area (Å²) in [6, 6.07) is 7.30. The first-order chi connectivity index (χ1) is 17.0. The number of aromatic nitrogens is 4. The van der Waals surface area contributed by atoms with Crippen molar-refractivity contribution in [1.29, 1.82) is 0 Å². The minimum atomic E-state index is -0.464. The minimum Gasteiger partial charge on any atom is -0.489 e. The van der Waals surface area contributed by atoms with E-state index in [9.17, 15) is 14.0 Å². The number of benzene rings is 1. The number of carbonyl (C=O) groups excluding carboxylic acids is 2. The molecule has 0 unspecified atom stereocenters. The number of likely N-dealkylation sites (tertiary alicyclic amines) is 1. The molecule has 0 spiro atoms. The number of hydrogen-bond donors (Lipinski definition) is 1. The fourth-order valence-electron chi connectivity index (χ4n) is 4.29. The highest BCUT2D eigenvalue weighted by Crippen LogP contribution is 2.21. The van der Waals surface area contributed by atoms with Crippen LogP contribution in [-0.2, 0) is 29.1 Å². The summed E-state index contributed by atoms with van der Waals surface area (Å²) in [5.74, 6) is -0.514. The summed E-state index contributed by atoms with van der Waals surface area (Å²) >= 11 is 0. The number of rotatable bonds is 2. The number of aryl methyl sites for hydroxylation is 1. The minimum absolute atomic E-state index is 0.129. The van der Waals surface area contributed by atoms with Gasteiger partial charge in [-0.25, -0.2) is 14.1 Å². The van der Waals surface area contributed by atoms with Crippen LogP contribution < -0.4 is 10.1 Å². The highest BCUT2D eigenvalue weighted by molar-refractivity contribution is 5.95. The second-order valence-corrected chi connectivity index (χ2v) is 8.65. The van der Waals surface area contributed by atoms with Gasteiger partial charge in [0.1, 0.15) is 18.1 Å². The van der Waals surface area contributed by atoms with E-state index < -0.39 is 18.1 Å². The molecule has 2 aromatic heterocycles. The Labute approximate surface area is 201 Å². The molecule has 0 saturated carbocycles. The van der Waals surface area contributed by atoms with E-state index in [-0.39, 0.29) is 43.6 Å². The Bertz CT molecular complexity index is 1250. The second kappa shape index (κ2) is 9.79. The lowest BCUT2D eigenvalue weighted by Crippen LogP contribution is -2.44. The maximum absolute atomic E-state index is 13.5. The van der Waals surface area contributed by atoms with Gasteiger partial charge in [-0.05, 0) is 42.3 Å². The molecule has 4 heterocycles. The summed E-state index contributed by atoms with van der Waals surface area (Å²) in [6.07, 6.45) is 2.98. The Morgan fingerprint density at radius 3 is 3.03 bits per heavy atom. The number of fused-ring (bicyclic) bond motifs is 4. The van der Waals surface area contributed by atoms with Crippen LogP contribution in [0.4, 0.5) is 4.39 Å². The molecule has 2 bridgehead atoms. The van der Waals surface area contributed by atoms with E-state index in [0.29, 0.717) is 30.1 Å². The van der Waals surface area contributed by atoms with Gasteiger partial charge in [-0.15, -0.1) is 5.10 Å². The molecule has 2 atom stereocenters. The molecular formula is C24H25FN6O4. The average molecular weight is 481 g/mol. The van der Waals surface area contributed by atoms with E-state index in [1.807, 2.05) is 0 Å². The maximum Gasteiger partial charge on any atom is 0.274 e. The third-order valence-electron chi connectivity index (χ3n) is 6.18. The third kappa shape index (κ3) is 5.14. The van der Waals surface area contributed by atoms with E-state index in [1.54, 1.807) is 40.9 Å². The van der Waals surface area contributed by atoms with E-state index in [1.165, 1.54) is 18.3 Å². The van der Waals surface area contributed by atoms with Crippen molar-refractivity contribution >= 4 is 11.8 Å². The van der Waals surface area contributed by atoms with Crippen molar-refractivity contribution in [2.75, 3.05) is 19.7 Å². The summed E-state index contributed by atoms with van der Waals surface area (Å²) in [5, 5.41) is 11.2. The van der Waals surface area contributed by atoms with Crippen LogP contribution in [0.25, 0.3) is 0 Å². The van der Waals surface area contributed by atoms with Crippen LogP contribution in [0.2, 0.25) is 0 Å². The first kappa shape index (κ1) is 22.9. The molecule has 0 radical (unpaired) electrons. The molecule has 1 aromatic carbocycles. The molecule has 182 valence electrons. The summed E-state index contributed by atoms with van der Waals surface area (Å²) in [5.41, 5.74) is 2.27. The first-order valence-electron chi connectivity index (χ1n) is 11.4. The van der Waals surface area contributed by atoms with Crippen molar-refractivity contribution in [3.8, 4) is 5.75 Å². The molecule has 2 aliphatic heterocycles. The van der Waals surface area contributed by atoms with Crippen LogP contribution in [-0.4, -0.2) is 68.5 Å². The fraction of sp³-hybridized carbons (Fsp3) is 0.375. The average Bonchev–Trinajstić information content (AvgIpc) is 3.46. The van der Waals surface area contributed by atoms with Crippen LogP contribution in [0.5, 0.6) is 5.75 Å². The predicted octanol–water partition coefficient (Wildman–Crippen LogP) is 1.28. The fourth-order valence-corrected chi connectivity index (χ4v) is 4.29. The highest BCUT2D eigenvalue weighted by Gasteiger charge is 2.38. The molecule has 3 aromatic rings. The smallest absolute Gasteiger partial charge is 0.274 e. The van der Waals surface area contributed by atoms with E-state index in [2.05, 4.69) is 20.6 Å². The number of carbonyl (C=O) groups is 2. The van der Waals surface area contributed by atoms with Crippen LogP contribution in [0.3, 0.4) is 0 Å². The van der Waals surface area contributed by atoms with Gasteiger partial charge in [0.15, 0.2) is 11.4 Å². The molecule has 11 heteroatoms. The van der Waals surface area contributed by atoms with Crippen molar-refractivity contribution in [3.05, 3.63) is 71.1 Å². The second-order valence-electron chi connectivity index (χ2n) is 8.65. The first-order valence-corrected chi connectivity index (χ1v) is 11.4. The van der Waals surface area contributed by atoms with Crippen molar-refractivity contribution in [1.82, 2.24) is 30.2 Å². The van der Waals surface area contributed by atoms with E-state index in [4.69, 9.17) is 9.47 Å². The molecule has 2 aliphatic rings. The van der Waals surface area contributed by atoms with Crippen LogP contribution in [0, 0.1) is 12.7 Å². The normalized spacial score (nSPS) is 20.3. The Kier molecular flexibility index (Phi) is 6.41. The monoisotopic (exact) mass is 480 g/mol. The molecule has 1 saturated heterocycles. The molecule has 0 aliphatic carbocycles. The number of pyridine rings is 1. The number of amides is 2. The molecule has 1 fully saturated rings. The lowest BCUT2D eigenvalue weighted by molar-refractivity contribution is -0.130. The molecule has 10 nitrogen and oxygen atoms in total. The number of halogens is 1. The molecule has 5 rings (SSSR count). The summed E-state index contributed by atoms with van der Waals surface area (Å²) < 4.78 is 27.0. The topological polar surface area (TPSA) is 111 Å². The standard InChI is InChI=1S/C24H25FN6O4/c1-15-9-17(25)5-4-16(15)10-22(32)30-12-19-21(13-30)35-14-18-11-31(29-28-18)7-8-34-20-3-2-6-26-23(20)24(33)27-19/h2-6,9,11,19,21H,7-8,10,12-14H2,1H3,(H,27,33)/t19-,21-/m0/s1. The zero-order valence-corrected chi connectivity index (χ0v) is 19.2. The Morgan fingerprint density at radius 1 is 1.29 bits per heavy atom. The van der Waals surface area contributed by atoms with Gasteiger partial charge < -0.3 is 19.7 Å². The Balaban J connectivity index is 1.37. The largest absolute Gasteiger partial charge is 0.489 e. The summed E-state index contributed by atoms with van der Waals surface area (Å²) in [7, 11) is 0. The Hall–Kier alpha value is -3.86. The van der Waals surface area contributed by atoms with Gasteiger partial charge in [0, 0.05) is 19.3 Å². The predicted molar refractivity (Wildman–Crippen MR) is 121 cm³/mol. The van der Waals surface area contributed by atoms with Gasteiger partial charge in [-0.1, -0.05) is 11.3 Å². The van der Waals surface area contributed by atoms with Crippen molar-refractivity contribution in [2.45, 2.75) is 38.6 Å². The van der Waals surface area contributed by atoms with Crippen molar-refractivity contribution in [3.63, 3.8) is 0 Å². The number of nitrogens with zero attached hydrogens (tertiary/aromatic N) is 5. The van der Waals surface area contributed by atoms with Crippen LogP contribution in [0.15, 0.2) is 42.7 Å². The van der Waals surface area contributed by atoms with E-state index >= 15 is 0 Å². The van der Waals surface area contributed by atoms with Gasteiger partial charge in [-0.2, -0.15) is 0 Å². The molecular weight excluding hydrogens is 455 g/mol. The highest BCUT2D eigenvalue weighted by atomic mass is 19.1. The maximum atomic E-state index is 13.5. The van der Waals surface area contributed by atoms with Crippen molar-refractivity contribution in [2.24, 2.45) is 0 Å². The number of hydrogen-bond acceptors (Lipinski definition) is 7. The lowest BCUT2D eigenvalue weighted by Gasteiger charge is -2.20. The zero-order chi connectivity index (χ0) is 24.4. The molecule has 2 amide bonds. The van der Waals surface area contributed by atoms with Gasteiger partial charge in [-0.3, -0.25) is 9.59 Å². The number of nitrogens with one attached hydrogen (secondary N) is 1. The van der Waals surface area contributed by atoms with Crippen LogP contribution in [0.1, 0.15) is 27.3 Å². The van der Waals surface area contributed by atoms with Gasteiger partial charge in [0.05, 0.1) is 37.9 Å². The van der Waals surface area contributed by atoms with Crippen molar-refractivity contribution < 1.29 is 23.5 Å². The van der Waals surface area contributed by atoms with Gasteiger partial charge in [0.25, 0.3) is 5.91 Å². The molecule has 1 N–H and O–H groups in total. The van der Waals surface area contributed by atoms with Gasteiger partial charge in [0.2, 0.25) is 5.91 Å². The lowest BCUT2D eigenvalue weighted by atomic mass is 10.1. The van der Waals surface area contributed by atoms with Gasteiger partial charge >= 0.3 is 0 Å². The zero-order valence-electron chi connectivity index (χ0n) is 19.2. The SMILES string of the molecule is Cc1cc(F)ccc1CC(=O)N1C[C@@H]2NC(=O)c3ncccc3OCCn3cc(nn3)CO[C@H]2C1. The summed E-state index contributed by atoms with van der Waals surface area (Å²) in [4.78, 5) is 32.0. The summed E-state index contributed by atoms with van der Waals surface area (Å²) in [6.45, 7) is 3.25. The number of ether oxygens (including phenoxy) is 2. The van der Waals surface area contributed by atoms with Crippen LogP contribution >= 0.6 is 0 Å². The Morgan fingerprint density at radius 2 is 2.17 bits per heavy atom. The third-order valence-corrected chi connectivity index (χ3v) is 6.18. The molecule has 35 heavy (non-hydrogen) atoms. The van der Waals surface area contributed by atoms with E-state index in [0.717, 1.165) is 5.56 Å².